The molecule has 0 fully saturated rings. The number of nitrogens with one attached hydrogen (secondary N) is 1. The number of rotatable bonds is 6. The Balaban J connectivity index is 1.97. The monoisotopic (exact) mass is 410 g/mol. The molecule has 150 valence electrons. The van der Waals surface area contributed by atoms with Gasteiger partial charge in [0.15, 0.2) is 5.69 Å². The van der Waals surface area contributed by atoms with Gasteiger partial charge >= 0.3 is 0 Å². The van der Waals surface area contributed by atoms with Crippen molar-refractivity contribution in [3.8, 4) is 5.69 Å². The minimum Gasteiger partial charge on any atom is -0.342 e. The van der Waals surface area contributed by atoms with E-state index in [0.717, 1.165) is 5.56 Å². The lowest BCUT2D eigenvalue weighted by atomic mass is 10.1. The normalized spacial score (nSPS) is 12.0. The zero-order valence-corrected chi connectivity index (χ0v) is 17.3. The highest BCUT2D eigenvalue weighted by atomic mass is 35.5. The first-order valence-electron chi connectivity index (χ1n) is 9.23. The summed E-state index contributed by atoms with van der Waals surface area (Å²) in [6.07, 6.45) is 0. The number of carbonyl (C=O) groups excluding carboxylic acids is 1. The zero-order chi connectivity index (χ0) is 21.0. The van der Waals surface area contributed by atoms with Crippen molar-refractivity contribution in [1.29, 1.82) is 0 Å². The number of benzene rings is 2. The number of aryl methyl sites for hydroxylation is 1. The van der Waals surface area contributed by atoms with E-state index < -0.39 is 11.3 Å². The van der Waals surface area contributed by atoms with Crippen LogP contribution in [0.2, 0.25) is 5.02 Å². The number of amides is 1. The molecule has 0 aliphatic carbocycles. The first-order chi connectivity index (χ1) is 13.9. The second-order valence-electron chi connectivity index (χ2n) is 7.06. The summed E-state index contributed by atoms with van der Waals surface area (Å²) in [7, 11) is 3.85. The average Bonchev–Trinajstić information content (AvgIpc) is 2.68. The molecule has 0 saturated carbocycles. The van der Waals surface area contributed by atoms with Crippen LogP contribution < -0.4 is 10.7 Å². The molecule has 0 aliphatic rings. The van der Waals surface area contributed by atoms with Gasteiger partial charge in [0.2, 0.25) is 5.43 Å². The number of hydrogen-bond donors (Lipinski definition) is 1. The Bertz CT molecular complexity index is 1060. The molecule has 0 aliphatic heterocycles. The molecule has 7 heteroatoms. The fraction of sp³-hybridized carbons (Fsp3) is 0.227. The molecule has 2 aromatic carbocycles. The van der Waals surface area contributed by atoms with Crippen molar-refractivity contribution in [1.82, 2.24) is 20.0 Å². The van der Waals surface area contributed by atoms with Gasteiger partial charge in [-0.2, -0.15) is 5.10 Å². The van der Waals surface area contributed by atoms with E-state index in [0.29, 0.717) is 22.9 Å². The number of halogens is 1. The summed E-state index contributed by atoms with van der Waals surface area (Å²) in [6.45, 7) is 2.33. The molecule has 6 nitrogen and oxygen atoms in total. The number of aromatic nitrogens is 2. The van der Waals surface area contributed by atoms with E-state index in [4.69, 9.17) is 11.6 Å². The van der Waals surface area contributed by atoms with Crippen LogP contribution in [0.25, 0.3) is 5.69 Å². The quantitative estimate of drug-likeness (QED) is 0.677. The fourth-order valence-corrected chi connectivity index (χ4v) is 3.30. The van der Waals surface area contributed by atoms with Gasteiger partial charge < -0.3 is 10.2 Å². The molecule has 1 amide bonds. The Hall–Kier alpha value is -2.96. The first-order valence-corrected chi connectivity index (χ1v) is 9.61. The Morgan fingerprint density at radius 2 is 1.79 bits per heavy atom. The highest BCUT2D eigenvalue weighted by Gasteiger charge is 2.21. The molecule has 1 atom stereocenters. The number of para-hydroxylation sites is 1. The maximum atomic E-state index is 13.0. The molecule has 0 bridgehead atoms. The minimum atomic E-state index is -0.522. The highest BCUT2D eigenvalue weighted by Crippen LogP contribution is 2.20. The van der Waals surface area contributed by atoms with E-state index in [2.05, 4.69) is 10.4 Å². The van der Waals surface area contributed by atoms with Crippen LogP contribution in [0, 0.1) is 6.92 Å². The van der Waals surface area contributed by atoms with Gasteiger partial charge in [-0.1, -0.05) is 54.1 Å². The molecule has 1 aromatic heterocycles. The van der Waals surface area contributed by atoms with Crippen molar-refractivity contribution in [2.75, 3.05) is 20.6 Å². The van der Waals surface area contributed by atoms with Crippen LogP contribution in [0.4, 0.5) is 0 Å². The summed E-state index contributed by atoms with van der Waals surface area (Å²) in [6, 6.07) is 17.9. The van der Waals surface area contributed by atoms with Crippen LogP contribution in [0.5, 0.6) is 0 Å². The molecular formula is C22H23ClN4O2. The van der Waals surface area contributed by atoms with Crippen LogP contribution in [0.15, 0.2) is 65.5 Å². The zero-order valence-electron chi connectivity index (χ0n) is 16.6. The largest absolute Gasteiger partial charge is 0.342 e. The summed E-state index contributed by atoms with van der Waals surface area (Å²) in [5.41, 5.74) is 1.55. The van der Waals surface area contributed by atoms with Gasteiger partial charge in [-0.05, 0) is 38.7 Å². The summed E-state index contributed by atoms with van der Waals surface area (Å²) in [5, 5.41) is 7.75. The van der Waals surface area contributed by atoms with Gasteiger partial charge in [0.25, 0.3) is 5.91 Å². The van der Waals surface area contributed by atoms with Crippen molar-refractivity contribution < 1.29 is 4.79 Å². The van der Waals surface area contributed by atoms with E-state index in [1.807, 2.05) is 61.5 Å². The van der Waals surface area contributed by atoms with E-state index in [1.54, 1.807) is 19.1 Å². The lowest BCUT2D eigenvalue weighted by Crippen LogP contribution is -2.38. The van der Waals surface area contributed by atoms with Gasteiger partial charge in [0.05, 0.1) is 16.8 Å². The average molecular weight is 411 g/mol. The third kappa shape index (κ3) is 4.91. The van der Waals surface area contributed by atoms with E-state index in [9.17, 15) is 9.59 Å². The molecule has 0 spiro atoms. The lowest BCUT2D eigenvalue weighted by molar-refractivity contribution is 0.0922. The lowest BCUT2D eigenvalue weighted by Gasteiger charge is -2.23. The van der Waals surface area contributed by atoms with Crippen LogP contribution in [-0.2, 0) is 0 Å². The molecule has 0 unspecified atom stereocenters. The molecule has 0 radical (unpaired) electrons. The molecule has 29 heavy (non-hydrogen) atoms. The number of carbonyl (C=O) groups is 1. The maximum Gasteiger partial charge on any atom is 0.276 e. The Morgan fingerprint density at radius 3 is 2.45 bits per heavy atom. The van der Waals surface area contributed by atoms with Crippen LogP contribution in [0.1, 0.15) is 27.8 Å². The van der Waals surface area contributed by atoms with Gasteiger partial charge in [-0.3, -0.25) is 9.59 Å². The van der Waals surface area contributed by atoms with Gasteiger partial charge in [0.1, 0.15) is 0 Å². The first kappa shape index (κ1) is 20.8. The predicted molar refractivity (Wildman–Crippen MR) is 115 cm³/mol. The number of likely N-dealkylation sites (N-methyl/N-ethyl adjacent to an activating group) is 1. The third-order valence-electron chi connectivity index (χ3n) is 4.46. The summed E-state index contributed by atoms with van der Waals surface area (Å²) < 4.78 is 1.52. The summed E-state index contributed by atoms with van der Waals surface area (Å²) in [4.78, 5) is 27.5. The van der Waals surface area contributed by atoms with E-state index >= 15 is 0 Å². The third-order valence-corrected chi connectivity index (χ3v) is 4.78. The standard InChI is InChI=1S/C22H23ClN4O2/c1-15-13-20(28)21(25-27(15)19-12-8-7-11-17(19)23)22(29)24-18(14-26(2)3)16-9-5-4-6-10-16/h4-13,18H,14H2,1-3H3,(H,24,29)/t18-/m1/s1. The van der Waals surface area contributed by atoms with Crippen molar-refractivity contribution in [3.63, 3.8) is 0 Å². The summed E-state index contributed by atoms with van der Waals surface area (Å²) >= 11 is 6.28. The SMILES string of the molecule is Cc1cc(=O)c(C(=O)N[C@H](CN(C)C)c2ccccc2)nn1-c1ccccc1Cl. The number of nitrogens with zero attached hydrogens (tertiary/aromatic N) is 3. The van der Waals surface area contributed by atoms with Gasteiger partial charge in [-0.25, -0.2) is 4.68 Å². The fourth-order valence-electron chi connectivity index (χ4n) is 3.08. The van der Waals surface area contributed by atoms with Crippen LogP contribution in [0.3, 0.4) is 0 Å². The second-order valence-corrected chi connectivity index (χ2v) is 7.47. The predicted octanol–water partition coefficient (Wildman–Crippen LogP) is 3.23. The molecule has 3 aromatic rings. The van der Waals surface area contributed by atoms with Crippen molar-refractivity contribution in [2.45, 2.75) is 13.0 Å². The topological polar surface area (TPSA) is 67.2 Å². The summed E-state index contributed by atoms with van der Waals surface area (Å²) in [5.74, 6) is -0.522. The minimum absolute atomic E-state index is 0.171. The van der Waals surface area contributed by atoms with Crippen LogP contribution >= 0.6 is 11.6 Å². The van der Waals surface area contributed by atoms with E-state index in [1.165, 1.54) is 10.7 Å². The van der Waals surface area contributed by atoms with Crippen LogP contribution in [-0.4, -0.2) is 41.2 Å². The molecule has 0 saturated heterocycles. The smallest absolute Gasteiger partial charge is 0.276 e. The Morgan fingerprint density at radius 1 is 1.14 bits per heavy atom. The molecule has 1 N–H and O–H groups in total. The Kier molecular flexibility index (Phi) is 6.46. The van der Waals surface area contributed by atoms with Gasteiger partial charge in [-0.15, -0.1) is 0 Å². The molecular weight excluding hydrogens is 388 g/mol. The Labute approximate surface area is 174 Å². The maximum absolute atomic E-state index is 13.0. The van der Waals surface area contributed by atoms with Crippen molar-refractivity contribution in [3.05, 3.63) is 92.9 Å². The van der Waals surface area contributed by atoms with E-state index in [-0.39, 0.29) is 11.7 Å². The highest BCUT2D eigenvalue weighted by molar-refractivity contribution is 6.32. The van der Waals surface area contributed by atoms with Crippen molar-refractivity contribution >= 4 is 17.5 Å². The van der Waals surface area contributed by atoms with Gasteiger partial charge in [0, 0.05) is 18.3 Å². The number of hydrogen-bond acceptors (Lipinski definition) is 4. The second kappa shape index (κ2) is 9.03. The molecule has 3 rings (SSSR count). The van der Waals surface area contributed by atoms with Crippen molar-refractivity contribution in [2.24, 2.45) is 0 Å². The molecule has 1 heterocycles.